The Morgan fingerprint density at radius 2 is 1.77 bits per heavy atom. The van der Waals surface area contributed by atoms with Gasteiger partial charge in [-0.2, -0.15) is 0 Å². The maximum Gasteiger partial charge on any atom is 0.0241 e. The molecular weight excluding hydrogens is 160 g/mol. The minimum Gasteiger partial charge on any atom is -0.271 e. The summed E-state index contributed by atoms with van der Waals surface area (Å²) in [6, 6.07) is 0.628. The average Bonchev–Trinajstić information content (AvgIpc) is 2.99. The summed E-state index contributed by atoms with van der Waals surface area (Å²) in [5.41, 5.74) is 3.01. The topological polar surface area (TPSA) is 38.0 Å². The summed E-state index contributed by atoms with van der Waals surface area (Å²) in [5.74, 6) is 7.46. The predicted molar refractivity (Wildman–Crippen MR) is 55.0 cm³/mol. The average molecular weight is 182 g/mol. The van der Waals surface area contributed by atoms with Gasteiger partial charge in [-0.3, -0.25) is 11.3 Å². The van der Waals surface area contributed by atoms with Crippen LogP contribution in [0.4, 0.5) is 0 Å². The summed E-state index contributed by atoms with van der Waals surface area (Å²) in [6.07, 6.45) is 11.4. The Hall–Kier alpha value is -0.0800. The summed E-state index contributed by atoms with van der Waals surface area (Å²) < 4.78 is 0. The van der Waals surface area contributed by atoms with Crippen LogP contribution in [0.3, 0.4) is 0 Å². The van der Waals surface area contributed by atoms with Crippen LogP contribution in [0.1, 0.15) is 51.4 Å². The van der Waals surface area contributed by atoms with E-state index in [1.807, 2.05) is 0 Å². The van der Waals surface area contributed by atoms with Crippen molar-refractivity contribution < 1.29 is 0 Å². The first-order valence-electron chi connectivity index (χ1n) is 5.86. The maximum absolute atomic E-state index is 5.58. The summed E-state index contributed by atoms with van der Waals surface area (Å²) in [6.45, 7) is 0. The van der Waals surface area contributed by atoms with E-state index >= 15 is 0 Å². The highest BCUT2D eigenvalue weighted by Crippen LogP contribution is 2.37. The van der Waals surface area contributed by atoms with Crippen LogP contribution in [0, 0.1) is 11.8 Å². The standard InChI is InChI=1S/C11H22N2/c12-13-11(10-6-7-10)8-9-4-2-1-3-5-9/h9-11,13H,1-8,12H2. The zero-order valence-electron chi connectivity index (χ0n) is 8.47. The van der Waals surface area contributed by atoms with Gasteiger partial charge in [-0.15, -0.1) is 0 Å². The van der Waals surface area contributed by atoms with E-state index in [9.17, 15) is 0 Å². The van der Waals surface area contributed by atoms with Crippen LogP contribution in [-0.2, 0) is 0 Å². The van der Waals surface area contributed by atoms with Crippen molar-refractivity contribution in [3.63, 3.8) is 0 Å². The fourth-order valence-electron chi connectivity index (χ4n) is 2.68. The lowest BCUT2D eigenvalue weighted by molar-refractivity contribution is 0.285. The Labute approximate surface area is 81.2 Å². The van der Waals surface area contributed by atoms with Gasteiger partial charge in [-0.25, -0.2) is 0 Å². The molecule has 0 saturated heterocycles. The number of hydrogen-bond donors (Lipinski definition) is 2. The van der Waals surface area contributed by atoms with Crippen molar-refractivity contribution in [3.05, 3.63) is 0 Å². The highest BCUT2D eigenvalue weighted by Gasteiger charge is 2.32. The second-order valence-corrected chi connectivity index (χ2v) is 4.85. The number of hydrogen-bond acceptors (Lipinski definition) is 2. The first-order valence-corrected chi connectivity index (χ1v) is 5.86. The number of nitrogens with two attached hydrogens (primary N) is 1. The van der Waals surface area contributed by atoms with Gasteiger partial charge >= 0.3 is 0 Å². The Morgan fingerprint density at radius 1 is 1.08 bits per heavy atom. The van der Waals surface area contributed by atoms with Crippen molar-refractivity contribution in [2.75, 3.05) is 0 Å². The summed E-state index contributed by atoms with van der Waals surface area (Å²) in [7, 11) is 0. The fourth-order valence-corrected chi connectivity index (χ4v) is 2.68. The highest BCUT2D eigenvalue weighted by molar-refractivity contribution is 4.87. The van der Waals surface area contributed by atoms with Crippen LogP contribution in [0.15, 0.2) is 0 Å². The van der Waals surface area contributed by atoms with Gasteiger partial charge in [0.2, 0.25) is 0 Å². The molecule has 2 saturated carbocycles. The van der Waals surface area contributed by atoms with Gasteiger partial charge in [0.25, 0.3) is 0 Å². The van der Waals surface area contributed by atoms with Gasteiger partial charge in [0.05, 0.1) is 0 Å². The van der Waals surface area contributed by atoms with E-state index < -0.39 is 0 Å². The molecule has 0 aromatic rings. The molecule has 0 amide bonds. The van der Waals surface area contributed by atoms with Crippen LogP contribution < -0.4 is 11.3 Å². The smallest absolute Gasteiger partial charge is 0.0241 e. The van der Waals surface area contributed by atoms with E-state index in [4.69, 9.17) is 5.84 Å². The normalized spacial score (nSPS) is 27.5. The molecule has 0 aromatic carbocycles. The largest absolute Gasteiger partial charge is 0.271 e. The lowest BCUT2D eigenvalue weighted by Crippen LogP contribution is -2.38. The molecule has 2 aliphatic carbocycles. The van der Waals surface area contributed by atoms with E-state index in [1.165, 1.54) is 51.4 Å². The van der Waals surface area contributed by atoms with Gasteiger partial charge in [0, 0.05) is 6.04 Å². The van der Waals surface area contributed by atoms with Crippen molar-refractivity contribution in [2.24, 2.45) is 17.7 Å². The molecule has 2 rings (SSSR count). The third kappa shape index (κ3) is 2.68. The maximum atomic E-state index is 5.58. The first-order chi connectivity index (χ1) is 6.40. The molecule has 0 spiro atoms. The molecule has 13 heavy (non-hydrogen) atoms. The SMILES string of the molecule is NNC(CC1CCCCC1)C1CC1. The monoisotopic (exact) mass is 182 g/mol. The van der Waals surface area contributed by atoms with Crippen molar-refractivity contribution >= 4 is 0 Å². The van der Waals surface area contributed by atoms with Gasteiger partial charge in [-0.1, -0.05) is 32.1 Å². The van der Waals surface area contributed by atoms with Crippen molar-refractivity contribution in [1.29, 1.82) is 0 Å². The van der Waals surface area contributed by atoms with Gasteiger partial charge in [0.15, 0.2) is 0 Å². The molecule has 3 N–H and O–H groups in total. The Morgan fingerprint density at radius 3 is 2.31 bits per heavy atom. The molecule has 1 unspecified atom stereocenters. The van der Waals surface area contributed by atoms with E-state index in [0.717, 1.165) is 11.8 Å². The molecular formula is C11H22N2. The quantitative estimate of drug-likeness (QED) is 0.516. The Bertz CT molecular complexity index is 148. The van der Waals surface area contributed by atoms with Crippen LogP contribution in [0.2, 0.25) is 0 Å². The van der Waals surface area contributed by atoms with Crippen LogP contribution >= 0.6 is 0 Å². The van der Waals surface area contributed by atoms with Gasteiger partial charge in [0.1, 0.15) is 0 Å². The van der Waals surface area contributed by atoms with Crippen molar-refractivity contribution in [2.45, 2.75) is 57.4 Å². The van der Waals surface area contributed by atoms with E-state index in [1.54, 1.807) is 0 Å². The number of nitrogens with one attached hydrogen (secondary N) is 1. The highest BCUT2D eigenvalue weighted by atomic mass is 15.2. The predicted octanol–water partition coefficient (Wildman–Crippen LogP) is 2.20. The van der Waals surface area contributed by atoms with Crippen LogP contribution in [0.25, 0.3) is 0 Å². The third-order valence-electron chi connectivity index (χ3n) is 3.72. The second-order valence-electron chi connectivity index (χ2n) is 4.85. The van der Waals surface area contributed by atoms with E-state index in [0.29, 0.717) is 6.04 Å². The van der Waals surface area contributed by atoms with Gasteiger partial charge < -0.3 is 0 Å². The minimum atomic E-state index is 0.628. The molecule has 0 aromatic heterocycles. The second kappa shape index (κ2) is 4.43. The fraction of sp³-hybridized carbons (Fsp3) is 1.00. The molecule has 0 heterocycles. The lowest BCUT2D eigenvalue weighted by atomic mass is 9.84. The van der Waals surface area contributed by atoms with Crippen molar-refractivity contribution in [1.82, 2.24) is 5.43 Å². The number of rotatable bonds is 4. The zero-order chi connectivity index (χ0) is 9.10. The summed E-state index contributed by atoms with van der Waals surface area (Å²) in [5, 5.41) is 0. The molecule has 2 fully saturated rings. The van der Waals surface area contributed by atoms with Gasteiger partial charge in [-0.05, 0) is 31.1 Å². The Balaban J connectivity index is 1.73. The molecule has 2 heteroatoms. The summed E-state index contributed by atoms with van der Waals surface area (Å²) in [4.78, 5) is 0. The lowest BCUT2D eigenvalue weighted by Gasteiger charge is -2.26. The van der Waals surface area contributed by atoms with Crippen LogP contribution in [0.5, 0.6) is 0 Å². The number of hydrazine groups is 1. The molecule has 2 nitrogen and oxygen atoms in total. The third-order valence-corrected chi connectivity index (χ3v) is 3.72. The van der Waals surface area contributed by atoms with E-state index in [2.05, 4.69) is 5.43 Å². The molecule has 2 aliphatic rings. The zero-order valence-corrected chi connectivity index (χ0v) is 8.47. The van der Waals surface area contributed by atoms with Crippen molar-refractivity contribution in [3.8, 4) is 0 Å². The molecule has 0 aliphatic heterocycles. The summed E-state index contributed by atoms with van der Waals surface area (Å²) >= 11 is 0. The first kappa shape index (κ1) is 9.47. The molecule has 1 atom stereocenters. The molecule has 0 radical (unpaired) electrons. The Kier molecular flexibility index (Phi) is 3.23. The van der Waals surface area contributed by atoms with E-state index in [-0.39, 0.29) is 0 Å². The van der Waals surface area contributed by atoms with Crippen LogP contribution in [-0.4, -0.2) is 6.04 Å². The molecule has 0 bridgehead atoms. The molecule has 76 valence electrons. The minimum absolute atomic E-state index is 0.628.